The van der Waals surface area contributed by atoms with E-state index in [4.69, 9.17) is 11.6 Å². The fourth-order valence-corrected chi connectivity index (χ4v) is 2.69. The Morgan fingerprint density at radius 3 is 2.95 bits per heavy atom. The van der Waals surface area contributed by atoms with E-state index in [0.29, 0.717) is 10.2 Å². The van der Waals surface area contributed by atoms with Crippen molar-refractivity contribution >= 4 is 45.7 Å². The van der Waals surface area contributed by atoms with Crippen molar-refractivity contribution in [3.8, 4) is 0 Å². The predicted octanol–water partition coefficient (Wildman–Crippen LogP) is 3.23. The molecule has 2 rings (SSSR count). The zero-order valence-corrected chi connectivity index (χ0v) is 12.2. The van der Waals surface area contributed by atoms with Crippen molar-refractivity contribution in [3.63, 3.8) is 0 Å². The number of thioether (sulfide) groups is 1. The molecule has 0 radical (unpaired) electrons. The molecule has 1 aromatic heterocycles. The molecular weight excluding hydrogens is 309 g/mol. The SMILES string of the molecule is CSc1nnc(NC(=O)Cc2ccc(Cl)cc2F)s1. The van der Waals surface area contributed by atoms with Crippen molar-refractivity contribution in [2.75, 3.05) is 11.6 Å². The molecule has 2 aromatic rings. The van der Waals surface area contributed by atoms with Crippen molar-refractivity contribution in [1.82, 2.24) is 10.2 Å². The van der Waals surface area contributed by atoms with Crippen LogP contribution < -0.4 is 5.32 Å². The van der Waals surface area contributed by atoms with Crippen LogP contribution in [0.15, 0.2) is 22.5 Å². The highest BCUT2D eigenvalue weighted by Gasteiger charge is 2.11. The lowest BCUT2D eigenvalue weighted by Gasteiger charge is -2.03. The van der Waals surface area contributed by atoms with Crippen molar-refractivity contribution in [2.24, 2.45) is 0 Å². The summed E-state index contributed by atoms with van der Waals surface area (Å²) in [6.07, 6.45) is 1.80. The number of carbonyl (C=O) groups is 1. The van der Waals surface area contributed by atoms with Crippen LogP contribution in [0.1, 0.15) is 5.56 Å². The van der Waals surface area contributed by atoms with Crippen LogP contribution in [-0.4, -0.2) is 22.4 Å². The van der Waals surface area contributed by atoms with Gasteiger partial charge in [-0.15, -0.1) is 10.2 Å². The zero-order chi connectivity index (χ0) is 13.8. The Bertz CT molecular complexity index is 605. The van der Waals surface area contributed by atoms with Crippen molar-refractivity contribution in [1.29, 1.82) is 0 Å². The van der Waals surface area contributed by atoms with E-state index in [2.05, 4.69) is 15.5 Å². The summed E-state index contributed by atoms with van der Waals surface area (Å²) in [6.45, 7) is 0. The minimum atomic E-state index is -0.496. The highest BCUT2D eigenvalue weighted by Crippen LogP contribution is 2.23. The summed E-state index contributed by atoms with van der Waals surface area (Å²) >= 11 is 8.36. The normalized spacial score (nSPS) is 10.5. The molecule has 1 heterocycles. The second kappa shape index (κ2) is 6.31. The Morgan fingerprint density at radius 1 is 1.53 bits per heavy atom. The summed E-state index contributed by atoms with van der Waals surface area (Å²) in [5.41, 5.74) is 0.288. The molecular formula is C11H9ClFN3OS2. The van der Waals surface area contributed by atoms with E-state index >= 15 is 0 Å². The van der Waals surface area contributed by atoms with Gasteiger partial charge in [-0.25, -0.2) is 4.39 Å². The molecule has 0 aliphatic carbocycles. The molecule has 0 spiro atoms. The van der Waals surface area contributed by atoms with Crippen LogP contribution in [0.3, 0.4) is 0 Å². The van der Waals surface area contributed by atoms with Crippen LogP contribution >= 0.6 is 34.7 Å². The van der Waals surface area contributed by atoms with Gasteiger partial charge in [0.15, 0.2) is 4.34 Å². The molecule has 8 heteroatoms. The quantitative estimate of drug-likeness (QED) is 0.695. The van der Waals surface area contributed by atoms with Gasteiger partial charge in [0.2, 0.25) is 11.0 Å². The molecule has 100 valence electrons. The molecule has 4 nitrogen and oxygen atoms in total. The Labute approximate surface area is 122 Å². The molecule has 0 aliphatic rings. The van der Waals surface area contributed by atoms with Gasteiger partial charge in [-0.1, -0.05) is 40.8 Å². The first kappa shape index (κ1) is 14.2. The molecule has 0 unspecified atom stereocenters. The number of hydrogen-bond acceptors (Lipinski definition) is 5. The molecule has 0 aliphatic heterocycles. The van der Waals surface area contributed by atoms with Gasteiger partial charge in [0.05, 0.1) is 6.42 Å². The molecule has 0 atom stereocenters. The van der Waals surface area contributed by atoms with E-state index < -0.39 is 5.82 Å². The summed E-state index contributed by atoms with van der Waals surface area (Å²) in [4.78, 5) is 11.7. The van der Waals surface area contributed by atoms with Crippen molar-refractivity contribution < 1.29 is 9.18 Å². The van der Waals surface area contributed by atoms with Gasteiger partial charge in [-0.3, -0.25) is 4.79 Å². The summed E-state index contributed by atoms with van der Waals surface area (Å²) in [5, 5.41) is 10.9. The highest BCUT2D eigenvalue weighted by atomic mass is 35.5. The second-order valence-corrected chi connectivity index (χ2v) is 6.01. The Balaban J connectivity index is 2.01. The van der Waals surface area contributed by atoms with E-state index in [1.165, 1.54) is 35.2 Å². The average molecular weight is 318 g/mol. The van der Waals surface area contributed by atoms with Crippen LogP contribution in [0.4, 0.5) is 9.52 Å². The lowest BCUT2D eigenvalue weighted by molar-refractivity contribution is -0.115. The number of amides is 1. The largest absolute Gasteiger partial charge is 0.300 e. The summed E-state index contributed by atoms with van der Waals surface area (Å²) in [6, 6.07) is 4.22. The van der Waals surface area contributed by atoms with Gasteiger partial charge in [0.25, 0.3) is 0 Å². The average Bonchev–Trinajstić information content (AvgIpc) is 2.80. The van der Waals surface area contributed by atoms with E-state index in [1.54, 1.807) is 6.07 Å². The standard InChI is InChI=1S/C11H9ClFN3OS2/c1-18-11-16-15-10(19-11)14-9(17)4-6-2-3-7(12)5-8(6)13/h2-3,5H,4H2,1H3,(H,14,15,17). The predicted molar refractivity (Wildman–Crippen MR) is 75.4 cm³/mol. The number of halogens is 2. The van der Waals surface area contributed by atoms with E-state index in [-0.39, 0.29) is 17.9 Å². The summed E-state index contributed by atoms with van der Waals surface area (Å²) < 4.78 is 14.3. The first-order valence-electron chi connectivity index (χ1n) is 5.20. The third-order valence-electron chi connectivity index (χ3n) is 2.19. The van der Waals surface area contributed by atoms with E-state index in [9.17, 15) is 9.18 Å². The van der Waals surface area contributed by atoms with Crippen LogP contribution in [0.2, 0.25) is 5.02 Å². The zero-order valence-electron chi connectivity index (χ0n) is 9.81. The maximum absolute atomic E-state index is 13.5. The molecule has 0 fully saturated rings. The smallest absolute Gasteiger partial charge is 0.230 e. The van der Waals surface area contributed by atoms with Gasteiger partial charge in [0, 0.05) is 5.02 Å². The van der Waals surface area contributed by atoms with Gasteiger partial charge >= 0.3 is 0 Å². The third-order valence-corrected chi connectivity index (χ3v) is 4.24. The number of rotatable bonds is 4. The topological polar surface area (TPSA) is 54.9 Å². The first-order valence-corrected chi connectivity index (χ1v) is 7.61. The molecule has 0 saturated carbocycles. The Hall–Kier alpha value is -1.18. The van der Waals surface area contributed by atoms with Gasteiger partial charge in [-0.05, 0) is 24.0 Å². The van der Waals surface area contributed by atoms with Crippen LogP contribution in [0, 0.1) is 5.82 Å². The second-order valence-electron chi connectivity index (χ2n) is 3.54. The molecule has 1 aromatic carbocycles. The third kappa shape index (κ3) is 3.89. The van der Waals surface area contributed by atoms with Crippen LogP contribution in [0.25, 0.3) is 0 Å². The highest BCUT2D eigenvalue weighted by molar-refractivity contribution is 8.00. The maximum Gasteiger partial charge on any atom is 0.230 e. The van der Waals surface area contributed by atoms with Gasteiger partial charge in [0.1, 0.15) is 5.82 Å². The number of aromatic nitrogens is 2. The molecule has 0 bridgehead atoms. The minimum Gasteiger partial charge on any atom is -0.300 e. The summed E-state index contributed by atoms with van der Waals surface area (Å²) in [5.74, 6) is -0.838. The number of carbonyl (C=O) groups excluding carboxylic acids is 1. The van der Waals surface area contributed by atoms with Gasteiger partial charge < -0.3 is 5.32 Å². The molecule has 1 amide bonds. The Kier molecular flexibility index (Phi) is 4.73. The first-order chi connectivity index (χ1) is 9.08. The van der Waals surface area contributed by atoms with Crippen molar-refractivity contribution in [2.45, 2.75) is 10.8 Å². The summed E-state index contributed by atoms with van der Waals surface area (Å²) in [7, 11) is 0. The lowest BCUT2D eigenvalue weighted by atomic mass is 10.1. The minimum absolute atomic E-state index is 0.0722. The Morgan fingerprint density at radius 2 is 2.32 bits per heavy atom. The number of nitrogens with one attached hydrogen (secondary N) is 1. The lowest BCUT2D eigenvalue weighted by Crippen LogP contribution is -2.15. The number of anilines is 1. The number of hydrogen-bond donors (Lipinski definition) is 1. The molecule has 1 N–H and O–H groups in total. The van der Waals surface area contributed by atoms with E-state index in [1.807, 2.05) is 6.26 Å². The number of nitrogens with zero attached hydrogens (tertiary/aromatic N) is 2. The number of benzene rings is 1. The van der Waals surface area contributed by atoms with Crippen LogP contribution in [0.5, 0.6) is 0 Å². The monoisotopic (exact) mass is 317 g/mol. The van der Waals surface area contributed by atoms with Gasteiger partial charge in [-0.2, -0.15) is 0 Å². The molecule has 19 heavy (non-hydrogen) atoms. The van der Waals surface area contributed by atoms with E-state index in [0.717, 1.165) is 4.34 Å². The fraction of sp³-hybridized carbons (Fsp3) is 0.182. The fourth-order valence-electron chi connectivity index (χ4n) is 1.34. The van der Waals surface area contributed by atoms with Crippen molar-refractivity contribution in [3.05, 3.63) is 34.6 Å². The molecule has 0 saturated heterocycles. The maximum atomic E-state index is 13.5. The van der Waals surface area contributed by atoms with Crippen LogP contribution in [-0.2, 0) is 11.2 Å².